The van der Waals surface area contributed by atoms with Crippen LogP contribution >= 0.6 is 0 Å². The van der Waals surface area contributed by atoms with E-state index in [-0.39, 0.29) is 11.9 Å². The summed E-state index contributed by atoms with van der Waals surface area (Å²) in [7, 11) is 5.54. The maximum absolute atomic E-state index is 12.6. The fourth-order valence-corrected chi connectivity index (χ4v) is 2.02. The molecule has 2 heterocycles. The lowest BCUT2D eigenvalue weighted by atomic mass is 10.3. The molecule has 0 saturated heterocycles. The van der Waals surface area contributed by atoms with E-state index < -0.39 is 0 Å². The number of nitrogens with zero attached hydrogens (tertiary/aromatic N) is 5. The highest BCUT2D eigenvalue weighted by molar-refractivity contribution is 6.05. The molecule has 1 amide bonds. The topological polar surface area (TPSA) is 54.3 Å². The van der Waals surface area contributed by atoms with Crippen LogP contribution in [0.5, 0.6) is 0 Å². The molecule has 0 bridgehead atoms. The molecule has 0 fully saturated rings. The molecular formula is C15H21N5O. The first-order valence-electron chi connectivity index (χ1n) is 6.87. The molecular weight excluding hydrogens is 266 g/mol. The van der Waals surface area contributed by atoms with Crippen LogP contribution in [-0.4, -0.2) is 41.8 Å². The number of rotatable bonds is 4. The van der Waals surface area contributed by atoms with Gasteiger partial charge in [-0.1, -0.05) is 0 Å². The second-order valence-corrected chi connectivity index (χ2v) is 5.38. The van der Waals surface area contributed by atoms with Gasteiger partial charge in [-0.3, -0.25) is 9.48 Å². The van der Waals surface area contributed by atoms with Crippen molar-refractivity contribution in [1.82, 2.24) is 14.8 Å². The molecule has 0 aliphatic rings. The number of anilines is 2. The molecule has 0 spiro atoms. The lowest BCUT2D eigenvalue weighted by molar-refractivity contribution is 0.0987. The minimum Gasteiger partial charge on any atom is -0.361 e. The van der Waals surface area contributed by atoms with E-state index in [1.54, 1.807) is 28.9 Å². The van der Waals surface area contributed by atoms with Crippen molar-refractivity contribution in [3.05, 3.63) is 36.3 Å². The average molecular weight is 287 g/mol. The fourth-order valence-electron chi connectivity index (χ4n) is 2.02. The zero-order valence-corrected chi connectivity index (χ0v) is 13.1. The first-order valence-corrected chi connectivity index (χ1v) is 6.87. The molecule has 2 aromatic rings. The van der Waals surface area contributed by atoms with E-state index in [9.17, 15) is 4.79 Å². The van der Waals surface area contributed by atoms with Gasteiger partial charge in [0.25, 0.3) is 5.91 Å². The number of hydrogen-bond acceptors (Lipinski definition) is 4. The lowest BCUT2D eigenvalue weighted by Gasteiger charge is -2.22. The summed E-state index contributed by atoms with van der Waals surface area (Å²) < 4.78 is 1.77. The Morgan fingerprint density at radius 1 is 1.24 bits per heavy atom. The van der Waals surface area contributed by atoms with Gasteiger partial charge in [-0.2, -0.15) is 5.10 Å². The Morgan fingerprint density at radius 3 is 2.52 bits per heavy atom. The molecule has 0 saturated carbocycles. The summed E-state index contributed by atoms with van der Waals surface area (Å²) in [6.07, 6.45) is 3.53. The van der Waals surface area contributed by atoms with Gasteiger partial charge in [-0.05, 0) is 32.0 Å². The molecule has 0 radical (unpaired) electrons. The van der Waals surface area contributed by atoms with Gasteiger partial charge in [-0.25, -0.2) is 4.98 Å². The zero-order valence-electron chi connectivity index (χ0n) is 13.1. The van der Waals surface area contributed by atoms with E-state index in [0.717, 1.165) is 11.5 Å². The number of carbonyl (C=O) groups excluding carboxylic acids is 1. The third-order valence-corrected chi connectivity index (χ3v) is 3.21. The maximum Gasteiger partial charge on any atom is 0.278 e. The van der Waals surface area contributed by atoms with Gasteiger partial charge in [-0.15, -0.1) is 0 Å². The molecule has 0 atom stereocenters. The van der Waals surface area contributed by atoms with Crippen LogP contribution in [0, 0.1) is 0 Å². The molecule has 0 aliphatic heterocycles. The van der Waals surface area contributed by atoms with Crippen LogP contribution in [0.3, 0.4) is 0 Å². The number of hydrogen-bond donors (Lipinski definition) is 0. The van der Waals surface area contributed by atoms with Crippen LogP contribution < -0.4 is 9.80 Å². The molecule has 21 heavy (non-hydrogen) atoms. The molecule has 0 unspecified atom stereocenters. The molecule has 0 N–H and O–H groups in total. The summed E-state index contributed by atoms with van der Waals surface area (Å²) in [6.45, 7) is 4.05. The molecule has 6 heteroatoms. The van der Waals surface area contributed by atoms with E-state index in [1.165, 1.54) is 0 Å². The summed E-state index contributed by atoms with van der Waals surface area (Å²) in [4.78, 5) is 20.3. The molecule has 2 aromatic heterocycles. The largest absolute Gasteiger partial charge is 0.361 e. The van der Waals surface area contributed by atoms with Gasteiger partial charge >= 0.3 is 0 Å². The summed E-state index contributed by atoms with van der Waals surface area (Å²) >= 11 is 0. The average Bonchev–Trinajstić information content (AvgIpc) is 2.95. The summed E-state index contributed by atoms with van der Waals surface area (Å²) in [5.41, 5.74) is 1.19. The Balaban J connectivity index is 2.31. The fraction of sp³-hybridized carbons (Fsp3) is 0.400. The van der Waals surface area contributed by atoms with Crippen molar-refractivity contribution >= 4 is 17.4 Å². The van der Waals surface area contributed by atoms with Gasteiger partial charge in [0.2, 0.25) is 0 Å². The van der Waals surface area contributed by atoms with Crippen molar-refractivity contribution in [3.8, 4) is 0 Å². The van der Waals surface area contributed by atoms with Crippen LogP contribution in [-0.2, 0) is 0 Å². The van der Waals surface area contributed by atoms with Crippen LogP contribution in [0.15, 0.2) is 30.6 Å². The summed E-state index contributed by atoms with van der Waals surface area (Å²) in [5, 5.41) is 4.32. The predicted molar refractivity (Wildman–Crippen MR) is 83.9 cm³/mol. The molecule has 6 nitrogen and oxygen atoms in total. The highest BCUT2D eigenvalue weighted by Crippen LogP contribution is 2.25. The van der Waals surface area contributed by atoms with Crippen LogP contribution in [0.25, 0.3) is 0 Å². The first kappa shape index (κ1) is 15.0. The van der Waals surface area contributed by atoms with E-state index in [1.807, 2.05) is 51.2 Å². The standard InChI is InChI=1S/C15H21N5O/c1-11(2)20-10-8-12(17-20)15(21)19(5)13-7-6-9-16-14(13)18(3)4/h6-11H,1-5H3. The van der Waals surface area contributed by atoms with Gasteiger partial charge in [0.05, 0.1) is 5.69 Å². The minimum atomic E-state index is -0.148. The van der Waals surface area contributed by atoms with Crippen molar-refractivity contribution in [3.63, 3.8) is 0 Å². The van der Waals surface area contributed by atoms with Crippen molar-refractivity contribution in [2.75, 3.05) is 30.9 Å². The smallest absolute Gasteiger partial charge is 0.278 e. The third-order valence-electron chi connectivity index (χ3n) is 3.21. The minimum absolute atomic E-state index is 0.148. The van der Waals surface area contributed by atoms with E-state index in [4.69, 9.17) is 0 Å². The zero-order chi connectivity index (χ0) is 15.6. The summed E-state index contributed by atoms with van der Waals surface area (Å²) in [6, 6.07) is 5.66. The Morgan fingerprint density at radius 2 is 1.95 bits per heavy atom. The second kappa shape index (κ2) is 5.95. The van der Waals surface area contributed by atoms with Crippen LogP contribution in [0.1, 0.15) is 30.4 Å². The van der Waals surface area contributed by atoms with Gasteiger partial charge in [0.15, 0.2) is 11.5 Å². The third kappa shape index (κ3) is 3.04. The second-order valence-electron chi connectivity index (χ2n) is 5.38. The van der Waals surface area contributed by atoms with E-state index >= 15 is 0 Å². The van der Waals surface area contributed by atoms with Crippen LogP contribution in [0.4, 0.5) is 11.5 Å². The number of carbonyl (C=O) groups is 1. The normalized spacial score (nSPS) is 10.8. The van der Waals surface area contributed by atoms with Crippen LogP contribution in [0.2, 0.25) is 0 Å². The summed E-state index contributed by atoms with van der Waals surface area (Å²) in [5.74, 6) is 0.599. The van der Waals surface area contributed by atoms with Gasteiger partial charge in [0.1, 0.15) is 0 Å². The number of aromatic nitrogens is 3. The Hall–Kier alpha value is -2.37. The highest BCUT2D eigenvalue weighted by Gasteiger charge is 2.20. The Bertz CT molecular complexity index is 632. The SMILES string of the molecule is CC(C)n1ccc(C(=O)N(C)c2cccnc2N(C)C)n1. The molecule has 0 aliphatic carbocycles. The number of amides is 1. The quantitative estimate of drug-likeness (QED) is 0.865. The van der Waals surface area contributed by atoms with Crippen molar-refractivity contribution < 1.29 is 4.79 Å². The van der Waals surface area contributed by atoms with E-state index in [0.29, 0.717) is 5.69 Å². The van der Waals surface area contributed by atoms with E-state index in [2.05, 4.69) is 10.1 Å². The van der Waals surface area contributed by atoms with Gasteiger partial charge < -0.3 is 9.80 Å². The van der Waals surface area contributed by atoms with Crippen molar-refractivity contribution in [2.24, 2.45) is 0 Å². The predicted octanol–water partition coefficient (Wildman–Crippen LogP) is 2.20. The molecule has 2 rings (SSSR count). The highest BCUT2D eigenvalue weighted by atomic mass is 16.2. The molecule has 112 valence electrons. The maximum atomic E-state index is 12.6. The number of pyridine rings is 1. The first-order chi connectivity index (χ1) is 9.91. The Labute approximate surface area is 125 Å². The monoisotopic (exact) mass is 287 g/mol. The Kier molecular flexibility index (Phi) is 4.26. The van der Waals surface area contributed by atoms with Gasteiger partial charge in [0, 0.05) is 39.6 Å². The van der Waals surface area contributed by atoms with Crippen molar-refractivity contribution in [1.29, 1.82) is 0 Å². The van der Waals surface area contributed by atoms with Crippen molar-refractivity contribution in [2.45, 2.75) is 19.9 Å². The lowest BCUT2D eigenvalue weighted by Crippen LogP contribution is -2.29. The molecule has 0 aromatic carbocycles.